The number of amides is 1. The molecule has 4 rings (SSSR count). The SMILES string of the molecule is COc1cc2cc3c(cc2cc1O)C(=O)N1CCCC1C=N3. The standard InChI is InChI=1S/C17H16N2O3/c1-22-16-8-11-6-14-13(5-10(11)7-15(16)20)17(21)19-4-2-3-12(19)9-18-14/h5-9,12,20H,2-4H2,1H3. The first-order valence-electron chi connectivity index (χ1n) is 7.37. The Bertz CT molecular complexity index is 813. The molecule has 1 atom stereocenters. The van der Waals surface area contributed by atoms with E-state index in [1.165, 1.54) is 7.11 Å². The van der Waals surface area contributed by atoms with Gasteiger partial charge in [0.1, 0.15) is 0 Å². The summed E-state index contributed by atoms with van der Waals surface area (Å²) in [6.45, 7) is 0.779. The van der Waals surface area contributed by atoms with E-state index in [0.717, 1.165) is 30.2 Å². The number of benzene rings is 2. The highest BCUT2D eigenvalue weighted by molar-refractivity contribution is 6.07. The topological polar surface area (TPSA) is 62.1 Å². The van der Waals surface area contributed by atoms with Crippen LogP contribution in [-0.2, 0) is 0 Å². The molecule has 2 aromatic carbocycles. The number of hydrogen-bond donors (Lipinski definition) is 1. The minimum Gasteiger partial charge on any atom is -0.504 e. The van der Waals surface area contributed by atoms with Gasteiger partial charge < -0.3 is 14.7 Å². The van der Waals surface area contributed by atoms with Gasteiger partial charge in [-0.2, -0.15) is 0 Å². The van der Waals surface area contributed by atoms with Gasteiger partial charge in [0, 0.05) is 12.8 Å². The van der Waals surface area contributed by atoms with Gasteiger partial charge in [0.15, 0.2) is 11.5 Å². The maximum absolute atomic E-state index is 12.7. The number of aromatic hydroxyl groups is 1. The van der Waals surface area contributed by atoms with Gasteiger partial charge in [-0.25, -0.2) is 0 Å². The Labute approximate surface area is 127 Å². The molecule has 0 aromatic heterocycles. The van der Waals surface area contributed by atoms with Gasteiger partial charge >= 0.3 is 0 Å². The van der Waals surface area contributed by atoms with Crippen molar-refractivity contribution in [2.75, 3.05) is 13.7 Å². The zero-order chi connectivity index (χ0) is 15.3. The molecule has 2 aliphatic rings. The van der Waals surface area contributed by atoms with Gasteiger partial charge in [-0.15, -0.1) is 0 Å². The molecular formula is C17H16N2O3. The van der Waals surface area contributed by atoms with E-state index >= 15 is 0 Å². The van der Waals surface area contributed by atoms with Gasteiger partial charge in [-0.05, 0) is 47.9 Å². The number of carbonyl (C=O) groups is 1. The maximum Gasteiger partial charge on any atom is 0.256 e. The fourth-order valence-electron chi connectivity index (χ4n) is 3.27. The lowest BCUT2D eigenvalue weighted by atomic mass is 10.0. The monoisotopic (exact) mass is 296 g/mol. The molecule has 0 bridgehead atoms. The Morgan fingerprint density at radius 1 is 1.27 bits per heavy atom. The van der Waals surface area contributed by atoms with Crippen LogP contribution in [0, 0.1) is 0 Å². The summed E-state index contributed by atoms with van der Waals surface area (Å²) in [5.74, 6) is 0.503. The highest BCUT2D eigenvalue weighted by Gasteiger charge is 2.31. The molecule has 2 aromatic rings. The van der Waals surface area contributed by atoms with E-state index in [4.69, 9.17) is 4.74 Å². The lowest BCUT2D eigenvalue weighted by Crippen LogP contribution is -2.35. The third kappa shape index (κ3) is 1.85. The van der Waals surface area contributed by atoms with Crippen LogP contribution in [0.2, 0.25) is 0 Å². The van der Waals surface area contributed by atoms with E-state index in [9.17, 15) is 9.90 Å². The number of nitrogens with zero attached hydrogens (tertiary/aromatic N) is 2. The van der Waals surface area contributed by atoms with Gasteiger partial charge in [-0.1, -0.05) is 0 Å². The molecule has 0 saturated carbocycles. The van der Waals surface area contributed by atoms with Crippen molar-refractivity contribution in [2.45, 2.75) is 18.9 Å². The third-order valence-corrected chi connectivity index (χ3v) is 4.43. The summed E-state index contributed by atoms with van der Waals surface area (Å²) >= 11 is 0. The Hall–Kier alpha value is -2.56. The molecule has 5 heteroatoms. The summed E-state index contributed by atoms with van der Waals surface area (Å²) in [6.07, 6.45) is 3.86. The highest BCUT2D eigenvalue weighted by Crippen LogP contribution is 2.36. The second-order valence-electron chi connectivity index (χ2n) is 5.73. The molecule has 5 nitrogen and oxygen atoms in total. The third-order valence-electron chi connectivity index (χ3n) is 4.43. The summed E-state index contributed by atoms with van der Waals surface area (Å²) in [6, 6.07) is 7.17. The van der Waals surface area contributed by atoms with E-state index in [1.807, 2.05) is 23.2 Å². The molecule has 0 spiro atoms. The Kier molecular flexibility index (Phi) is 2.82. The van der Waals surface area contributed by atoms with Crippen molar-refractivity contribution < 1.29 is 14.6 Å². The van der Waals surface area contributed by atoms with Crippen LogP contribution in [0.25, 0.3) is 10.8 Å². The lowest BCUT2D eigenvalue weighted by molar-refractivity contribution is 0.0775. The quantitative estimate of drug-likeness (QED) is 0.880. The van der Waals surface area contributed by atoms with Crippen LogP contribution in [0.3, 0.4) is 0 Å². The normalized spacial score (nSPS) is 20.0. The van der Waals surface area contributed by atoms with Crippen LogP contribution in [0.4, 0.5) is 5.69 Å². The number of aliphatic imine (C=N–C) groups is 1. The molecule has 1 saturated heterocycles. The minimum absolute atomic E-state index is 0.0206. The average molecular weight is 296 g/mol. The summed E-state index contributed by atoms with van der Waals surface area (Å²) in [5, 5.41) is 11.6. The number of fused-ring (bicyclic) bond motifs is 3. The Balaban J connectivity index is 1.92. The van der Waals surface area contributed by atoms with Crippen LogP contribution in [-0.4, -0.2) is 41.8 Å². The minimum atomic E-state index is 0.0206. The number of phenols is 1. The van der Waals surface area contributed by atoms with Crippen molar-refractivity contribution in [3.8, 4) is 11.5 Å². The first-order chi connectivity index (χ1) is 10.7. The van der Waals surface area contributed by atoms with Crippen molar-refractivity contribution in [1.29, 1.82) is 0 Å². The fraction of sp³-hybridized carbons (Fsp3) is 0.294. The molecule has 2 aliphatic heterocycles. The predicted molar refractivity (Wildman–Crippen MR) is 84.4 cm³/mol. The maximum atomic E-state index is 12.7. The van der Waals surface area contributed by atoms with Crippen molar-refractivity contribution >= 4 is 28.6 Å². The Morgan fingerprint density at radius 2 is 2.09 bits per heavy atom. The molecule has 1 N–H and O–H groups in total. The number of hydrogen-bond acceptors (Lipinski definition) is 4. The number of ether oxygens (including phenoxy) is 1. The average Bonchev–Trinajstić information content (AvgIpc) is 2.95. The van der Waals surface area contributed by atoms with Crippen molar-refractivity contribution in [3.63, 3.8) is 0 Å². The van der Waals surface area contributed by atoms with E-state index < -0.39 is 0 Å². The zero-order valence-corrected chi connectivity index (χ0v) is 12.2. The number of carbonyl (C=O) groups excluding carboxylic acids is 1. The lowest BCUT2D eigenvalue weighted by Gasteiger charge is -2.20. The van der Waals surface area contributed by atoms with Gasteiger partial charge in [-0.3, -0.25) is 9.79 Å². The zero-order valence-electron chi connectivity index (χ0n) is 12.2. The van der Waals surface area contributed by atoms with Crippen LogP contribution in [0.1, 0.15) is 23.2 Å². The smallest absolute Gasteiger partial charge is 0.256 e. The van der Waals surface area contributed by atoms with Crippen molar-refractivity contribution in [1.82, 2.24) is 4.90 Å². The van der Waals surface area contributed by atoms with Crippen molar-refractivity contribution in [2.24, 2.45) is 4.99 Å². The van der Waals surface area contributed by atoms with Crippen LogP contribution in [0.15, 0.2) is 29.3 Å². The number of phenolic OH excluding ortho intramolecular Hbond substituents is 1. The number of rotatable bonds is 1. The molecule has 0 aliphatic carbocycles. The van der Waals surface area contributed by atoms with Crippen LogP contribution >= 0.6 is 0 Å². The Morgan fingerprint density at radius 3 is 2.91 bits per heavy atom. The molecule has 2 heterocycles. The predicted octanol–water partition coefficient (Wildman–Crippen LogP) is 2.87. The number of methoxy groups -OCH3 is 1. The summed E-state index contributed by atoms with van der Waals surface area (Å²) < 4.78 is 5.14. The second kappa shape index (κ2) is 4.73. The highest BCUT2D eigenvalue weighted by atomic mass is 16.5. The van der Waals surface area contributed by atoms with Crippen LogP contribution < -0.4 is 4.74 Å². The summed E-state index contributed by atoms with van der Waals surface area (Å²) in [5.41, 5.74) is 1.28. The first kappa shape index (κ1) is 13.1. The van der Waals surface area contributed by atoms with E-state index in [2.05, 4.69) is 4.99 Å². The summed E-state index contributed by atoms with van der Waals surface area (Å²) in [7, 11) is 1.51. The fourth-order valence-corrected chi connectivity index (χ4v) is 3.27. The molecule has 1 unspecified atom stereocenters. The van der Waals surface area contributed by atoms with Crippen molar-refractivity contribution in [3.05, 3.63) is 29.8 Å². The van der Waals surface area contributed by atoms with Gasteiger partial charge in [0.25, 0.3) is 5.91 Å². The molecular weight excluding hydrogens is 280 g/mol. The molecule has 22 heavy (non-hydrogen) atoms. The van der Waals surface area contributed by atoms with Gasteiger partial charge in [0.2, 0.25) is 0 Å². The van der Waals surface area contributed by atoms with E-state index in [0.29, 0.717) is 17.0 Å². The first-order valence-corrected chi connectivity index (χ1v) is 7.37. The largest absolute Gasteiger partial charge is 0.504 e. The molecule has 1 fully saturated rings. The van der Waals surface area contributed by atoms with E-state index in [-0.39, 0.29) is 17.7 Å². The second-order valence-corrected chi connectivity index (χ2v) is 5.73. The summed E-state index contributed by atoms with van der Waals surface area (Å²) in [4.78, 5) is 19.1. The molecule has 112 valence electrons. The molecule has 0 radical (unpaired) electrons. The van der Waals surface area contributed by atoms with Gasteiger partial charge in [0.05, 0.1) is 24.4 Å². The van der Waals surface area contributed by atoms with E-state index in [1.54, 1.807) is 12.1 Å². The molecule has 1 amide bonds. The van der Waals surface area contributed by atoms with Crippen LogP contribution in [0.5, 0.6) is 11.5 Å².